The molecule has 0 saturated carbocycles. The highest BCUT2D eigenvalue weighted by molar-refractivity contribution is 6.04. The van der Waals surface area contributed by atoms with E-state index < -0.39 is 0 Å². The number of rotatable bonds is 3. The predicted molar refractivity (Wildman–Crippen MR) is 99.5 cm³/mol. The van der Waals surface area contributed by atoms with Crippen LogP contribution < -0.4 is 9.47 Å². The van der Waals surface area contributed by atoms with Crippen molar-refractivity contribution in [1.82, 2.24) is 0 Å². The van der Waals surface area contributed by atoms with Crippen LogP contribution >= 0.6 is 0 Å². The van der Waals surface area contributed by atoms with Crippen LogP contribution in [0.3, 0.4) is 0 Å². The van der Waals surface area contributed by atoms with Crippen LogP contribution in [0.5, 0.6) is 11.5 Å². The minimum Gasteiger partial charge on any atom is -0.496 e. The van der Waals surface area contributed by atoms with E-state index in [1.165, 1.54) is 0 Å². The standard InChI is InChI=1S/C22H22O4/c1-25-19-11-9-13-15(5-3-7-17(13)23)21(19)22-16-6-4-8-18(24)14(16)10-12-20(22)26-2/h9-12H,3-8H2,1-2H3. The molecule has 2 aromatic carbocycles. The van der Waals surface area contributed by atoms with Gasteiger partial charge >= 0.3 is 0 Å². The maximum Gasteiger partial charge on any atom is 0.163 e. The lowest BCUT2D eigenvalue weighted by atomic mass is 9.79. The van der Waals surface area contributed by atoms with E-state index in [-0.39, 0.29) is 11.6 Å². The molecule has 4 rings (SSSR count). The van der Waals surface area contributed by atoms with Crippen molar-refractivity contribution in [2.45, 2.75) is 38.5 Å². The molecule has 0 spiro atoms. The second-order valence-electron chi connectivity index (χ2n) is 6.89. The zero-order chi connectivity index (χ0) is 18.3. The first-order valence-corrected chi connectivity index (χ1v) is 9.12. The van der Waals surface area contributed by atoms with Gasteiger partial charge in [-0.05, 0) is 61.1 Å². The second kappa shape index (κ2) is 6.60. The third kappa shape index (κ3) is 2.52. The first-order chi connectivity index (χ1) is 12.7. The van der Waals surface area contributed by atoms with Crippen LogP contribution in [0.1, 0.15) is 57.5 Å². The fourth-order valence-corrected chi connectivity index (χ4v) is 4.30. The Morgan fingerprint density at radius 1 is 0.654 bits per heavy atom. The largest absolute Gasteiger partial charge is 0.496 e. The topological polar surface area (TPSA) is 52.6 Å². The van der Waals surface area contributed by atoms with E-state index in [9.17, 15) is 9.59 Å². The summed E-state index contributed by atoms with van der Waals surface area (Å²) in [6, 6.07) is 7.46. The van der Waals surface area contributed by atoms with E-state index >= 15 is 0 Å². The van der Waals surface area contributed by atoms with Gasteiger partial charge in [-0.3, -0.25) is 9.59 Å². The summed E-state index contributed by atoms with van der Waals surface area (Å²) in [6.07, 6.45) is 4.50. The maximum absolute atomic E-state index is 12.4. The number of fused-ring (bicyclic) bond motifs is 2. The molecule has 0 N–H and O–H groups in total. The van der Waals surface area contributed by atoms with Gasteiger partial charge in [-0.1, -0.05) is 0 Å². The Hall–Kier alpha value is -2.62. The summed E-state index contributed by atoms with van der Waals surface area (Å²) in [4.78, 5) is 24.9. The van der Waals surface area contributed by atoms with Crippen molar-refractivity contribution in [1.29, 1.82) is 0 Å². The quantitative estimate of drug-likeness (QED) is 0.823. The van der Waals surface area contributed by atoms with E-state index in [0.29, 0.717) is 12.8 Å². The lowest BCUT2D eigenvalue weighted by Gasteiger charge is -2.26. The number of carbonyl (C=O) groups excluding carboxylic acids is 2. The molecule has 0 fully saturated rings. The van der Waals surface area contributed by atoms with Gasteiger partial charge in [0.15, 0.2) is 11.6 Å². The number of benzene rings is 2. The van der Waals surface area contributed by atoms with Crippen molar-refractivity contribution in [3.63, 3.8) is 0 Å². The molecule has 0 amide bonds. The number of Topliss-reactive ketones (excluding diaryl/α,β-unsaturated/α-hetero) is 2. The van der Waals surface area contributed by atoms with E-state index in [0.717, 1.165) is 70.6 Å². The van der Waals surface area contributed by atoms with Crippen molar-refractivity contribution in [2.24, 2.45) is 0 Å². The molecule has 0 aliphatic heterocycles. The monoisotopic (exact) mass is 350 g/mol. The highest BCUT2D eigenvalue weighted by Crippen LogP contribution is 2.46. The first-order valence-electron chi connectivity index (χ1n) is 9.12. The first kappa shape index (κ1) is 16.8. The van der Waals surface area contributed by atoms with Crippen LogP contribution in [0.25, 0.3) is 11.1 Å². The Balaban J connectivity index is 2.07. The van der Waals surface area contributed by atoms with Gasteiger partial charge in [0.1, 0.15) is 11.5 Å². The highest BCUT2D eigenvalue weighted by atomic mass is 16.5. The van der Waals surface area contributed by atoms with Gasteiger partial charge < -0.3 is 9.47 Å². The zero-order valence-electron chi connectivity index (χ0n) is 15.2. The third-order valence-electron chi connectivity index (χ3n) is 5.50. The minimum absolute atomic E-state index is 0.176. The van der Waals surface area contributed by atoms with Crippen molar-refractivity contribution >= 4 is 11.6 Å². The highest BCUT2D eigenvalue weighted by Gasteiger charge is 2.29. The van der Waals surface area contributed by atoms with Gasteiger partial charge in [-0.2, -0.15) is 0 Å². The SMILES string of the molecule is COc1ccc2c(c1-c1c(OC)ccc3c1CCCC3=O)CCCC2=O. The molecule has 0 atom stereocenters. The van der Waals surface area contributed by atoms with E-state index in [4.69, 9.17) is 9.47 Å². The van der Waals surface area contributed by atoms with Crippen LogP contribution in [0.4, 0.5) is 0 Å². The summed E-state index contributed by atoms with van der Waals surface area (Å²) in [7, 11) is 3.28. The Morgan fingerprint density at radius 3 is 1.46 bits per heavy atom. The molecule has 2 aliphatic carbocycles. The average Bonchev–Trinajstić information content (AvgIpc) is 2.67. The molecular weight excluding hydrogens is 328 g/mol. The Kier molecular flexibility index (Phi) is 4.27. The minimum atomic E-state index is 0.176. The van der Waals surface area contributed by atoms with Gasteiger partial charge in [-0.25, -0.2) is 0 Å². The molecule has 0 unspecified atom stereocenters. The van der Waals surface area contributed by atoms with Crippen molar-refractivity contribution in [3.05, 3.63) is 46.5 Å². The number of carbonyl (C=O) groups is 2. The molecule has 0 aromatic heterocycles. The Morgan fingerprint density at radius 2 is 1.08 bits per heavy atom. The molecule has 26 heavy (non-hydrogen) atoms. The third-order valence-corrected chi connectivity index (χ3v) is 5.50. The fourth-order valence-electron chi connectivity index (χ4n) is 4.30. The summed E-state index contributed by atoms with van der Waals surface area (Å²) in [5, 5.41) is 0. The summed E-state index contributed by atoms with van der Waals surface area (Å²) in [5.41, 5.74) is 5.42. The van der Waals surface area contributed by atoms with Crippen LogP contribution in [0, 0.1) is 0 Å². The molecule has 0 bridgehead atoms. The number of methoxy groups -OCH3 is 2. The van der Waals surface area contributed by atoms with Gasteiger partial charge in [0.25, 0.3) is 0 Å². The van der Waals surface area contributed by atoms with E-state index in [1.54, 1.807) is 14.2 Å². The van der Waals surface area contributed by atoms with Crippen LogP contribution in [-0.2, 0) is 12.8 Å². The fraction of sp³-hybridized carbons (Fsp3) is 0.364. The van der Waals surface area contributed by atoms with Gasteiger partial charge in [0, 0.05) is 35.1 Å². The Labute approximate surface area is 153 Å². The second-order valence-corrected chi connectivity index (χ2v) is 6.89. The molecule has 4 nitrogen and oxygen atoms in total. The average molecular weight is 350 g/mol. The summed E-state index contributed by atoms with van der Waals surface area (Å²) >= 11 is 0. The van der Waals surface area contributed by atoms with Crippen LogP contribution in [0.2, 0.25) is 0 Å². The molecule has 0 heterocycles. The number of ether oxygens (including phenoxy) is 2. The molecule has 0 radical (unpaired) electrons. The van der Waals surface area contributed by atoms with Crippen LogP contribution in [0.15, 0.2) is 24.3 Å². The lowest BCUT2D eigenvalue weighted by Crippen LogP contribution is -2.16. The van der Waals surface area contributed by atoms with Gasteiger partial charge in [0.2, 0.25) is 0 Å². The van der Waals surface area contributed by atoms with Gasteiger partial charge in [0.05, 0.1) is 14.2 Å². The Bertz CT molecular complexity index is 835. The smallest absolute Gasteiger partial charge is 0.163 e. The van der Waals surface area contributed by atoms with Gasteiger partial charge in [-0.15, -0.1) is 0 Å². The summed E-state index contributed by atoms with van der Waals surface area (Å²) in [6.45, 7) is 0. The zero-order valence-corrected chi connectivity index (χ0v) is 15.2. The van der Waals surface area contributed by atoms with Crippen molar-refractivity contribution in [2.75, 3.05) is 14.2 Å². The maximum atomic E-state index is 12.4. The molecule has 134 valence electrons. The predicted octanol–water partition coefficient (Wildman–Crippen LogP) is 4.41. The molecule has 2 aliphatic rings. The van der Waals surface area contributed by atoms with Crippen molar-refractivity contribution < 1.29 is 19.1 Å². The number of hydrogen-bond donors (Lipinski definition) is 0. The summed E-state index contributed by atoms with van der Waals surface area (Å²) in [5.74, 6) is 1.80. The molecule has 2 aromatic rings. The molecular formula is C22H22O4. The number of hydrogen-bond acceptors (Lipinski definition) is 4. The van der Waals surface area contributed by atoms with Crippen molar-refractivity contribution in [3.8, 4) is 22.6 Å². The molecule has 0 saturated heterocycles. The van der Waals surface area contributed by atoms with E-state index in [2.05, 4.69) is 0 Å². The lowest BCUT2D eigenvalue weighted by molar-refractivity contribution is 0.0964. The normalized spacial score (nSPS) is 16.1. The summed E-state index contributed by atoms with van der Waals surface area (Å²) < 4.78 is 11.3. The van der Waals surface area contributed by atoms with E-state index in [1.807, 2.05) is 24.3 Å². The number of ketones is 2. The van der Waals surface area contributed by atoms with Crippen LogP contribution in [-0.4, -0.2) is 25.8 Å². The molecule has 4 heteroatoms.